The molecule has 5 atom stereocenters. The Balaban J connectivity index is 1.52. The first-order chi connectivity index (χ1) is 19.2. The molecular weight excluding hydrogens is 514 g/mol. The van der Waals surface area contributed by atoms with E-state index in [0.717, 1.165) is 22.0 Å². The van der Waals surface area contributed by atoms with Crippen molar-refractivity contribution in [1.29, 1.82) is 0 Å². The molecule has 1 saturated heterocycles. The van der Waals surface area contributed by atoms with Crippen LogP contribution >= 0.6 is 0 Å². The molecule has 2 aromatic carbocycles. The Hall–Kier alpha value is -4.22. The summed E-state index contributed by atoms with van der Waals surface area (Å²) < 4.78 is 0. The molecule has 0 saturated carbocycles. The van der Waals surface area contributed by atoms with Gasteiger partial charge in [-0.2, -0.15) is 0 Å². The van der Waals surface area contributed by atoms with Crippen LogP contribution in [-0.4, -0.2) is 80.6 Å². The van der Waals surface area contributed by atoms with Crippen LogP contribution in [0.2, 0.25) is 0 Å². The number of nitrogens with one attached hydrogen (secondary N) is 3. The van der Waals surface area contributed by atoms with Crippen molar-refractivity contribution in [2.75, 3.05) is 6.54 Å². The lowest BCUT2D eigenvalue weighted by Gasteiger charge is -2.29. The van der Waals surface area contributed by atoms with Gasteiger partial charge in [-0.1, -0.05) is 48.5 Å². The Kier molecular flexibility index (Phi) is 9.18. The molecule has 0 bridgehead atoms. The van der Waals surface area contributed by atoms with Crippen LogP contribution in [0, 0.1) is 0 Å². The number of likely N-dealkylation sites (tertiary alicyclic amines) is 1. The van der Waals surface area contributed by atoms with Crippen molar-refractivity contribution in [2.45, 2.75) is 62.9 Å². The first-order valence-electron chi connectivity index (χ1n) is 13.3. The standard InChI is InChI=1S/C29H35N5O6/c1-17(35)25(29(39)40)33-26(36)23(15-19-16-31-22-11-6-5-10-20(19)22)32-27(37)24-12-7-13-34(24)28(38)21(30)14-18-8-3-2-4-9-18/h2-6,8-11,16-17,21,23-25,31,35H,7,12-15,30H2,1H3,(H,32,37)(H,33,36)(H,39,40). The second kappa shape index (κ2) is 12.8. The highest BCUT2D eigenvalue weighted by Gasteiger charge is 2.38. The van der Waals surface area contributed by atoms with Crippen molar-refractivity contribution < 1.29 is 29.4 Å². The molecule has 11 heteroatoms. The average molecular weight is 550 g/mol. The zero-order chi connectivity index (χ0) is 28.8. The van der Waals surface area contributed by atoms with Gasteiger partial charge in [-0.05, 0) is 43.4 Å². The molecule has 2 heterocycles. The quantitative estimate of drug-likeness (QED) is 0.204. The Labute approximate surface area is 231 Å². The van der Waals surface area contributed by atoms with Crippen molar-refractivity contribution in [1.82, 2.24) is 20.5 Å². The number of amides is 3. The lowest BCUT2D eigenvalue weighted by molar-refractivity contribution is -0.145. The number of aliphatic hydroxyl groups is 1. The van der Waals surface area contributed by atoms with E-state index in [9.17, 15) is 29.4 Å². The first-order valence-corrected chi connectivity index (χ1v) is 13.3. The van der Waals surface area contributed by atoms with E-state index in [4.69, 9.17) is 5.73 Å². The molecule has 5 unspecified atom stereocenters. The third-order valence-corrected chi connectivity index (χ3v) is 7.23. The van der Waals surface area contributed by atoms with E-state index in [0.29, 0.717) is 25.8 Å². The number of para-hydroxylation sites is 1. The summed E-state index contributed by atoms with van der Waals surface area (Å²) in [7, 11) is 0. The molecule has 7 N–H and O–H groups in total. The van der Waals surface area contributed by atoms with Crippen molar-refractivity contribution in [2.24, 2.45) is 5.73 Å². The topological polar surface area (TPSA) is 178 Å². The number of carbonyl (C=O) groups excluding carboxylic acids is 3. The number of carboxylic acids is 1. The Morgan fingerprint density at radius 3 is 2.45 bits per heavy atom. The van der Waals surface area contributed by atoms with Crippen LogP contribution in [0.15, 0.2) is 60.8 Å². The molecule has 0 spiro atoms. The molecule has 1 aliphatic rings. The number of aromatic nitrogens is 1. The largest absolute Gasteiger partial charge is 0.480 e. The molecule has 40 heavy (non-hydrogen) atoms. The molecule has 1 aliphatic heterocycles. The minimum Gasteiger partial charge on any atom is -0.480 e. The van der Waals surface area contributed by atoms with Gasteiger partial charge in [-0.15, -0.1) is 0 Å². The van der Waals surface area contributed by atoms with Crippen LogP contribution in [0.5, 0.6) is 0 Å². The van der Waals surface area contributed by atoms with Crippen molar-refractivity contribution in [3.05, 3.63) is 71.9 Å². The van der Waals surface area contributed by atoms with Crippen molar-refractivity contribution >= 4 is 34.6 Å². The summed E-state index contributed by atoms with van der Waals surface area (Å²) in [5, 5.41) is 25.3. The number of hydrogen-bond acceptors (Lipinski definition) is 6. The van der Waals surface area contributed by atoms with E-state index < -0.39 is 48.1 Å². The third-order valence-electron chi connectivity index (χ3n) is 7.23. The summed E-state index contributed by atoms with van der Waals surface area (Å²) >= 11 is 0. The molecule has 0 radical (unpaired) electrons. The predicted molar refractivity (Wildman–Crippen MR) is 148 cm³/mol. The SMILES string of the molecule is CC(O)C(NC(=O)C(Cc1c[nH]c2ccccc12)NC(=O)C1CCCN1C(=O)C(N)Cc1ccccc1)C(=O)O. The number of hydrogen-bond donors (Lipinski definition) is 6. The van der Waals surface area contributed by atoms with Crippen LogP contribution in [-0.2, 0) is 32.0 Å². The molecule has 11 nitrogen and oxygen atoms in total. The predicted octanol–water partition coefficient (Wildman–Crippen LogP) is 0.706. The van der Waals surface area contributed by atoms with E-state index in [1.54, 1.807) is 6.20 Å². The summed E-state index contributed by atoms with van der Waals surface area (Å²) in [5.41, 5.74) is 8.72. The minimum atomic E-state index is -1.56. The number of aromatic amines is 1. The van der Waals surface area contributed by atoms with Gasteiger partial charge < -0.3 is 36.5 Å². The van der Waals surface area contributed by atoms with Gasteiger partial charge in [-0.3, -0.25) is 14.4 Å². The number of nitrogens with zero attached hydrogens (tertiary/aromatic N) is 1. The molecular formula is C29H35N5O6. The Morgan fingerprint density at radius 1 is 1.05 bits per heavy atom. The van der Waals surface area contributed by atoms with Gasteiger partial charge >= 0.3 is 5.97 Å². The van der Waals surface area contributed by atoms with Gasteiger partial charge in [0, 0.05) is 30.1 Å². The molecule has 1 aromatic heterocycles. The number of carboxylic acid groups (broad SMARTS) is 1. The third kappa shape index (κ3) is 6.67. The number of nitrogens with two attached hydrogens (primary N) is 1. The molecule has 1 fully saturated rings. The highest BCUT2D eigenvalue weighted by molar-refractivity contribution is 5.95. The number of aliphatic hydroxyl groups excluding tert-OH is 1. The van der Waals surface area contributed by atoms with Gasteiger partial charge in [-0.25, -0.2) is 4.79 Å². The zero-order valence-corrected chi connectivity index (χ0v) is 22.2. The number of rotatable bonds is 11. The number of carbonyl (C=O) groups is 4. The Morgan fingerprint density at radius 2 is 1.75 bits per heavy atom. The van der Waals surface area contributed by atoms with Gasteiger partial charge in [0.1, 0.15) is 12.1 Å². The summed E-state index contributed by atoms with van der Waals surface area (Å²) in [6.07, 6.45) is 1.76. The van der Waals surface area contributed by atoms with Gasteiger partial charge in [0.2, 0.25) is 17.7 Å². The van der Waals surface area contributed by atoms with Crippen LogP contribution in [0.25, 0.3) is 10.9 Å². The molecule has 4 rings (SSSR count). The van der Waals surface area contributed by atoms with Gasteiger partial charge in [0.15, 0.2) is 6.04 Å². The lowest BCUT2D eigenvalue weighted by Crippen LogP contribution is -2.58. The van der Waals surface area contributed by atoms with E-state index in [2.05, 4.69) is 15.6 Å². The van der Waals surface area contributed by atoms with Crippen molar-refractivity contribution in [3.63, 3.8) is 0 Å². The summed E-state index contributed by atoms with van der Waals surface area (Å²) in [5.74, 6) is -3.04. The van der Waals surface area contributed by atoms with Crippen molar-refractivity contribution in [3.8, 4) is 0 Å². The normalized spacial score (nSPS) is 18.1. The molecule has 0 aliphatic carbocycles. The molecule has 3 aromatic rings. The highest BCUT2D eigenvalue weighted by Crippen LogP contribution is 2.22. The van der Waals surface area contributed by atoms with E-state index in [1.165, 1.54) is 11.8 Å². The first kappa shape index (κ1) is 28.8. The van der Waals surface area contributed by atoms with Gasteiger partial charge in [0.25, 0.3) is 0 Å². The molecule has 3 amide bonds. The fourth-order valence-electron chi connectivity index (χ4n) is 5.11. The van der Waals surface area contributed by atoms with Crippen LogP contribution in [0.1, 0.15) is 30.9 Å². The summed E-state index contributed by atoms with van der Waals surface area (Å²) in [4.78, 5) is 56.2. The maximum absolute atomic E-state index is 13.5. The average Bonchev–Trinajstić information content (AvgIpc) is 3.59. The number of benzene rings is 2. The second-order valence-corrected chi connectivity index (χ2v) is 10.2. The molecule has 212 valence electrons. The second-order valence-electron chi connectivity index (χ2n) is 10.2. The lowest BCUT2D eigenvalue weighted by atomic mass is 10.0. The number of H-pyrrole nitrogens is 1. The highest BCUT2D eigenvalue weighted by atomic mass is 16.4. The number of aliphatic carboxylic acids is 1. The smallest absolute Gasteiger partial charge is 0.328 e. The Bertz CT molecular complexity index is 1360. The summed E-state index contributed by atoms with van der Waals surface area (Å²) in [6.45, 7) is 1.62. The fraction of sp³-hybridized carbons (Fsp3) is 0.379. The van der Waals surface area contributed by atoms with Crippen LogP contribution in [0.3, 0.4) is 0 Å². The van der Waals surface area contributed by atoms with Crippen LogP contribution in [0.4, 0.5) is 0 Å². The van der Waals surface area contributed by atoms with E-state index in [-0.39, 0.29) is 12.3 Å². The monoisotopic (exact) mass is 549 g/mol. The van der Waals surface area contributed by atoms with E-state index >= 15 is 0 Å². The maximum Gasteiger partial charge on any atom is 0.328 e. The van der Waals surface area contributed by atoms with Gasteiger partial charge in [0.05, 0.1) is 12.1 Å². The maximum atomic E-state index is 13.5. The number of fused-ring (bicyclic) bond motifs is 1. The van der Waals surface area contributed by atoms with Crippen LogP contribution < -0.4 is 16.4 Å². The minimum absolute atomic E-state index is 0.0575. The fourth-order valence-corrected chi connectivity index (χ4v) is 5.11. The zero-order valence-electron chi connectivity index (χ0n) is 22.2. The summed E-state index contributed by atoms with van der Waals surface area (Å²) in [6, 6.07) is 12.5. The van der Waals surface area contributed by atoms with E-state index in [1.807, 2.05) is 54.6 Å².